The fourth-order valence-electron chi connectivity index (χ4n) is 4.01. The van der Waals surface area contributed by atoms with Gasteiger partial charge in [-0.05, 0) is 24.8 Å². The Kier molecular flexibility index (Phi) is 5.23. The molecule has 6 nitrogen and oxygen atoms in total. The van der Waals surface area contributed by atoms with Crippen LogP contribution >= 0.6 is 0 Å². The SMILES string of the molecule is O=C(NC1CCCCC1)c1cc2n(n1)CCCN(Cc1ccccc1)C2=O. The molecule has 0 atom stereocenters. The number of carbonyl (C=O) groups is 2. The highest BCUT2D eigenvalue weighted by atomic mass is 16.2. The first-order valence-electron chi connectivity index (χ1n) is 9.92. The van der Waals surface area contributed by atoms with Crippen LogP contribution in [0.1, 0.15) is 65.1 Å². The molecule has 27 heavy (non-hydrogen) atoms. The minimum atomic E-state index is -0.162. The molecule has 6 heteroatoms. The Morgan fingerprint density at radius 2 is 1.85 bits per heavy atom. The van der Waals surface area contributed by atoms with E-state index in [0.29, 0.717) is 31.0 Å². The molecule has 0 unspecified atom stereocenters. The number of rotatable bonds is 4. The molecule has 1 saturated carbocycles. The van der Waals surface area contributed by atoms with Crippen molar-refractivity contribution >= 4 is 11.8 Å². The van der Waals surface area contributed by atoms with Crippen LogP contribution in [-0.2, 0) is 13.1 Å². The summed E-state index contributed by atoms with van der Waals surface area (Å²) in [5.41, 5.74) is 1.97. The minimum Gasteiger partial charge on any atom is -0.348 e. The summed E-state index contributed by atoms with van der Waals surface area (Å²) in [6.07, 6.45) is 6.47. The largest absolute Gasteiger partial charge is 0.348 e. The molecule has 0 saturated heterocycles. The van der Waals surface area contributed by atoms with E-state index < -0.39 is 0 Å². The Bertz CT molecular complexity index is 809. The summed E-state index contributed by atoms with van der Waals surface area (Å²) in [5, 5.41) is 7.51. The van der Waals surface area contributed by atoms with E-state index in [-0.39, 0.29) is 17.9 Å². The van der Waals surface area contributed by atoms with Gasteiger partial charge in [-0.2, -0.15) is 5.10 Å². The fraction of sp³-hybridized carbons (Fsp3) is 0.476. The number of carbonyl (C=O) groups excluding carboxylic acids is 2. The van der Waals surface area contributed by atoms with Crippen molar-refractivity contribution in [3.63, 3.8) is 0 Å². The molecule has 0 radical (unpaired) electrons. The first-order chi connectivity index (χ1) is 13.2. The number of aryl methyl sites for hydroxylation is 1. The smallest absolute Gasteiger partial charge is 0.272 e. The van der Waals surface area contributed by atoms with Crippen molar-refractivity contribution in [2.45, 2.75) is 57.7 Å². The Balaban J connectivity index is 1.48. The van der Waals surface area contributed by atoms with Gasteiger partial charge in [-0.3, -0.25) is 14.3 Å². The van der Waals surface area contributed by atoms with E-state index >= 15 is 0 Å². The van der Waals surface area contributed by atoms with Crippen molar-refractivity contribution < 1.29 is 9.59 Å². The number of hydrogen-bond acceptors (Lipinski definition) is 3. The normalized spacial score (nSPS) is 18.1. The summed E-state index contributed by atoms with van der Waals surface area (Å²) in [4.78, 5) is 27.4. The lowest BCUT2D eigenvalue weighted by Crippen LogP contribution is -2.36. The Hall–Kier alpha value is -2.63. The molecular formula is C21H26N4O2. The molecule has 142 valence electrons. The number of nitrogens with one attached hydrogen (secondary N) is 1. The molecular weight excluding hydrogens is 340 g/mol. The summed E-state index contributed by atoms with van der Waals surface area (Å²) in [6, 6.07) is 11.9. The fourth-order valence-corrected chi connectivity index (χ4v) is 4.01. The molecule has 2 heterocycles. The number of aromatic nitrogens is 2. The molecule has 2 aliphatic rings. The van der Waals surface area contributed by atoms with Crippen LogP contribution in [-0.4, -0.2) is 39.1 Å². The third-order valence-electron chi connectivity index (χ3n) is 5.47. The zero-order valence-electron chi connectivity index (χ0n) is 15.6. The molecule has 1 fully saturated rings. The minimum absolute atomic E-state index is 0.0550. The average molecular weight is 366 g/mol. The first-order valence-corrected chi connectivity index (χ1v) is 9.92. The van der Waals surface area contributed by atoms with Crippen LogP contribution in [0.5, 0.6) is 0 Å². The highest BCUT2D eigenvalue weighted by Gasteiger charge is 2.27. The van der Waals surface area contributed by atoms with Gasteiger partial charge < -0.3 is 10.2 Å². The van der Waals surface area contributed by atoms with Gasteiger partial charge in [0.05, 0.1) is 0 Å². The van der Waals surface area contributed by atoms with E-state index in [1.807, 2.05) is 35.2 Å². The number of benzene rings is 1. The van der Waals surface area contributed by atoms with Crippen molar-refractivity contribution in [3.05, 3.63) is 53.3 Å². The maximum absolute atomic E-state index is 13.0. The third-order valence-corrected chi connectivity index (χ3v) is 5.47. The molecule has 1 aliphatic carbocycles. The summed E-state index contributed by atoms with van der Waals surface area (Å²) >= 11 is 0. The number of nitrogens with zero attached hydrogens (tertiary/aromatic N) is 3. The predicted molar refractivity (Wildman–Crippen MR) is 102 cm³/mol. The molecule has 1 aromatic carbocycles. The predicted octanol–water partition coefficient (Wildman–Crippen LogP) is 2.99. The molecule has 2 aromatic rings. The summed E-state index contributed by atoms with van der Waals surface area (Å²) in [5.74, 6) is -0.217. The van der Waals surface area contributed by atoms with Gasteiger partial charge in [0, 0.05) is 31.7 Å². The number of fused-ring (bicyclic) bond motifs is 1. The van der Waals surface area contributed by atoms with Gasteiger partial charge in [0.15, 0.2) is 5.69 Å². The Morgan fingerprint density at radius 1 is 1.07 bits per heavy atom. The van der Waals surface area contributed by atoms with E-state index in [4.69, 9.17) is 0 Å². The maximum Gasteiger partial charge on any atom is 0.272 e. The lowest BCUT2D eigenvalue weighted by molar-refractivity contribution is 0.0745. The molecule has 1 aromatic heterocycles. The van der Waals surface area contributed by atoms with E-state index in [9.17, 15) is 9.59 Å². The quantitative estimate of drug-likeness (QED) is 0.904. The second-order valence-electron chi connectivity index (χ2n) is 7.51. The van der Waals surface area contributed by atoms with Crippen LogP contribution in [0.25, 0.3) is 0 Å². The van der Waals surface area contributed by atoms with E-state index in [1.165, 1.54) is 6.42 Å². The Labute approximate surface area is 159 Å². The van der Waals surface area contributed by atoms with Crippen molar-refractivity contribution in [1.82, 2.24) is 20.0 Å². The molecule has 2 amide bonds. The Morgan fingerprint density at radius 3 is 2.63 bits per heavy atom. The van der Waals surface area contributed by atoms with Crippen molar-refractivity contribution in [2.75, 3.05) is 6.54 Å². The van der Waals surface area contributed by atoms with Crippen molar-refractivity contribution in [3.8, 4) is 0 Å². The van der Waals surface area contributed by atoms with Crippen LogP contribution in [0.3, 0.4) is 0 Å². The van der Waals surface area contributed by atoms with Crippen LogP contribution in [0, 0.1) is 0 Å². The third kappa shape index (κ3) is 4.04. The molecule has 0 bridgehead atoms. The lowest BCUT2D eigenvalue weighted by atomic mass is 9.95. The van der Waals surface area contributed by atoms with Gasteiger partial charge in [-0.15, -0.1) is 0 Å². The highest BCUT2D eigenvalue weighted by molar-refractivity contribution is 5.98. The molecule has 1 N–H and O–H groups in total. The zero-order chi connectivity index (χ0) is 18.6. The highest BCUT2D eigenvalue weighted by Crippen LogP contribution is 2.19. The molecule has 4 rings (SSSR count). The van der Waals surface area contributed by atoms with Crippen LogP contribution in [0.2, 0.25) is 0 Å². The second-order valence-corrected chi connectivity index (χ2v) is 7.51. The van der Waals surface area contributed by atoms with E-state index in [1.54, 1.807) is 10.7 Å². The summed E-state index contributed by atoms with van der Waals surface area (Å²) in [6.45, 7) is 1.93. The summed E-state index contributed by atoms with van der Waals surface area (Å²) in [7, 11) is 0. The van der Waals surface area contributed by atoms with Gasteiger partial charge in [-0.1, -0.05) is 49.6 Å². The molecule has 0 spiro atoms. The number of amides is 2. The van der Waals surface area contributed by atoms with E-state index in [0.717, 1.165) is 37.7 Å². The van der Waals surface area contributed by atoms with Gasteiger partial charge >= 0.3 is 0 Å². The van der Waals surface area contributed by atoms with Gasteiger partial charge in [0.1, 0.15) is 5.69 Å². The van der Waals surface area contributed by atoms with Gasteiger partial charge in [0.2, 0.25) is 0 Å². The number of hydrogen-bond donors (Lipinski definition) is 1. The van der Waals surface area contributed by atoms with Gasteiger partial charge in [0.25, 0.3) is 11.8 Å². The van der Waals surface area contributed by atoms with Crippen LogP contribution in [0.4, 0.5) is 0 Å². The summed E-state index contributed by atoms with van der Waals surface area (Å²) < 4.78 is 1.70. The van der Waals surface area contributed by atoms with Crippen molar-refractivity contribution in [2.24, 2.45) is 0 Å². The van der Waals surface area contributed by atoms with Crippen LogP contribution in [0.15, 0.2) is 36.4 Å². The van der Waals surface area contributed by atoms with E-state index in [2.05, 4.69) is 10.4 Å². The first kappa shape index (κ1) is 17.8. The average Bonchev–Trinajstić information content (AvgIpc) is 3.07. The molecule has 1 aliphatic heterocycles. The maximum atomic E-state index is 13.0. The van der Waals surface area contributed by atoms with Crippen molar-refractivity contribution in [1.29, 1.82) is 0 Å². The monoisotopic (exact) mass is 366 g/mol. The van der Waals surface area contributed by atoms with Crippen LogP contribution < -0.4 is 5.32 Å². The zero-order valence-corrected chi connectivity index (χ0v) is 15.6. The topological polar surface area (TPSA) is 67.2 Å². The van der Waals surface area contributed by atoms with Gasteiger partial charge in [-0.25, -0.2) is 0 Å². The standard InChI is InChI=1S/C21H26N4O2/c26-20(22-17-10-5-2-6-11-17)18-14-19-21(27)24(12-7-13-25(19)23-18)15-16-8-3-1-4-9-16/h1,3-4,8-9,14,17H,2,5-7,10-13,15H2,(H,22,26). The second kappa shape index (κ2) is 7.94. The lowest BCUT2D eigenvalue weighted by Gasteiger charge is -2.22.